The van der Waals surface area contributed by atoms with E-state index in [4.69, 9.17) is 4.74 Å². The summed E-state index contributed by atoms with van der Waals surface area (Å²) in [6, 6.07) is 0. The van der Waals surface area contributed by atoms with Crippen LogP contribution in [0.3, 0.4) is 0 Å². The second kappa shape index (κ2) is 4.88. The van der Waals surface area contributed by atoms with Crippen molar-refractivity contribution >= 4 is 12.0 Å². The highest BCUT2D eigenvalue weighted by atomic mass is 16.6. The monoisotopic (exact) mass is 257 g/mol. The number of hydrogen-bond acceptors (Lipinski definition) is 4. The van der Waals surface area contributed by atoms with Crippen LogP contribution in [0.1, 0.15) is 41.0 Å². The Kier molecular flexibility index (Phi) is 4.05. The summed E-state index contributed by atoms with van der Waals surface area (Å²) in [6.07, 6.45) is -0.136. The van der Waals surface area contributed by atoms with Gasteiger partial charge in [-0.3, -0.25) is 4.79 Å². The maximum absolute atomic E-state index is 12.3. The van der Waals surface area contributed by atoms with Gasteiger partial charge in [0.25, 0.3) is 0 Å². The highest BCUT2D eigenvalue weighted by Crippen LogP contribution is 2.39. The lowest BCUT2D eigenvalue weighted by Crippen LogP contribution is -2.44. The van der Waals surface area contributed by atoms with Gasteiger partial charge in [-0.2, -0.15) is 0 Å². The number of ether oxygens (including phenoxy) is 1. The molecule has 1 N–H and O–H groups in total. The summed E-state index contributed by atoms with van der Waals surface area (Å²) in [7, 11) is 0. The summed E-state index contributed by atoms with van der Waals surface area (Å²) in [5.74, 6) is -0.336. The van der Waals surface area contributed by atoms with Crippen molar-refractivity contribution in [3.63, 3.8) is 0 Å². The molecule has 0 aromatic rings. The molecule has 0 aliphatic carbocycles. The Labute approximate surface area is 108 Å². The molecule has 1 aliphatic heterocycles. The topological polar surface area (TPSA) is 66.8 Å². The van der Waals surface area contributed by atoms with Crippen LogP contribution >= 0.6 is 0 Å². The van der Waals surface area contributed by atoms with Crippen LogP contribution in [-0.2, 0) is 9.53 Å². The van der Waals surface area contributed by atoms with E-state index in [9.17, 15) is 14.7 Å². The molecule has 18 heavy (non-hydrogen) atoms. The summed E-state index contributed by atoms with van der Waals surface area (Å²) >= 11 is 0. The number of rotatable bonds is 2. The van der Waals surface area contributed by atoms with E-state index < -0.39 is 17.1 Å². The molecular weight excluding hydrogens is 234 g/mol. The van der Waals surface area contributed by atoms with Gasteiger partial charge in [-0.25, -0.2) is 9.69 Å². The van der Waals surface area contributed by atoms with Crippen molar-refractivity contribution in [2.45, 2.75) is 46.6 Å². The lowest BCUT2D eigenvalue weighted by molar-refractivity contribution is -0.139. The van der Waals surface area contributed by atoms with Gasteiger partial charge in [0, 0.05) is 6.54 Å². The largest absolute Gasteiger partial charge is 0.443 e. The molecule has 0 aromatic carbocycles. The average molecular weight is 257 g/mol. The maximum Gasteiger partial charge on any atom is 0.417 e. The standard InChI is InChI=1S/C13H23NO4/c1-9(2)13(8-15)6-7-14(10(13)16)11(17)18-12(3,4)5/h9,15H,6-8H2,1-5H3. The normalized spacial score (nSPS) is 24.8. The molecule has 1 rings (SSSR count). The van der Waals surface area contributed by atoms with Crippen molar-refractivity contribution < 1.29 is 19.4 Å². The highest BCUT2D eigenvalue weighted by molar-refractivity contribution is 5.97. The molecule has 1 saturated heterocycles. The number of amides is 2. The van der Waals surface area contributed by atoms with Gasteiger partial charge in [0.05, 0.1) is 12.0 Å². The molecule has 1 unspecified atom stereocenters. The van der Waals surface area contributed by atoms with Gasteiger partial charge in [-0.15, -0.1) is 0 Å². The summed E-state index contributed by atoms with van der Waals surface area (Å²) < 4.78 is 5.19. The van der Waals surface area contributed by atoms with E-state index in [-0.39, 0.29) is 18.4 Å². The predicted octanol–water partition coefficient (Wildman–Crippen LogP) is 1.79. The minimum atomic E-state index is -0.836. The Hall–Kier alpha value is -1.10. The minimum Gasteiger partial charge on any atom is -0.443 e. The van der Waals surface area contributed by atoms with Crippen LogP contribution in [0, 0.1) is 11.3 Å². The lowest BCUT2D eigenvalue weighted by Gasteiger charge is -2.29. The summed E-state index contributed by atoms with van der Waals surface area (Å²) in [6.45, 7) is 9.11. The summed E-state index contributed by atoms with van der Waals surface area (Å²) in [5, 5.41) is 9.49. The number of carbonyl (C=O) groups excluding carboxylic acids is 2. The van der Waals surface area contributed by atoms with Crippen LogP contribution in [0.2, 0.25) is 0 Å². The van der Waals surface area contributed by atoms with Gasteiger partial charge in [-0.05, 0) is 33.1 Å². The first-order chi connectivity index (χ1) is 8.14. The van der Waals surface area contributed by atoms with E-state index in [1.165, 1.54) is 0 Å². The molecule has 1 aliphatic rings. The van der Waals surface area contributed by atoms with Gasteiger partial charge in [-0.1, -0.05) is 13.8 Å². The number of aliphatic hydroxyl groups excluding tert-OH is 1. The van der Waals surface area contributed by atoms with Crippen molar-refractivity contribution in [3.05, 3.63) is 0 Å². The predicted molar refractivity (Wildman–Crippen MR) is 66.9 cm³/mol. The molecule has 2 amide bonds. The zero-order valence-electron chi connectivity index (χ0n) is 11.8. The van der Waals surface area contributed by atoms with Gasteiger partial charge in [0.2, 0.25) is 5.91 Å². The van der Waals surface area contributed by atoms with Crippen LogP contribution < -0.4 is 0 Å². The maximum atomic E-state index is 12.3. The van der Waals surface area contributed by atoms with Crippen molar-refractivity contribution in [2.24, 2.45) is 11.3 Å². The first-order valence-corrected chi connectivity index (χ1v) is 6.30. The third-order valence-electron chi connectivity index (χ3n) is 3.45. The molecule has 0 saturated carbocycles. The fourth-order valence-electron chi connectivity index (χ4n) is 2.14. The first kappa shape index (κ1) is 15.0. The molecule has 1 fully saturated rings. The van der Waals surface area contributed by atoms with Gasteiger partial charge >= 0.3 is 6.09 Å². The average Bonchev–Trinajstić information content (AvgIpc) is 2.54. The molecule has 104 valence electrons. The fraction of sp³-hybridized carbons (Fsp3) is 0.846. The zero-order valence-corrected chi connectivity index (χ0v) is 11.8. The number of likely N-dealkylation sites (tertiary alicyclic amines) is 1. The number of hydrogen-bond donors (Lipinski definition) is 1. The van der Waals surface area contributed by atoms with E-state index >= 15 is 0 Å². The number of carbonyl (C=O) groups is 2. The molecular formula is C13H23NO4. The zero-order chi connectivity index (χ0) is 14.1. The van der Waals surface area contributed by atoms with E-state index in [1.807, 2.05) is 13.8 Å². The van der Waals surface area contributed by atoms with Crippen molar-refractivity contribution in [1.82, 2.24) is 4.90 Å². The second-order valence-electron chi connectivity index (χ2n) is 6.16. The Balaban J connectivity index is 2.85. The fourth-order valence-corrected chi connectivity index (χ4v) is 2.14. The van der Waals surface area contributed by atoms with Gasteiger partial charge in [0.1, 0.15) is 5.60 Å². The minimum absolute atomic E-state index is 0.0116. The first-order valence-electron chi connectivity index (χ1n) is 6.30. The second-order valence-corrected chi connectivity index (χ2v) is 6.16. The van der Waals surface area contributed by atoms with Gasteiger partial charge < -0.3 is 9.84 Å². The van der Waals surface area contributed by atoms with E-state index in [2.05, 4.69) is 0 Å². The van der Waals surface area contributed by atoms with Crippen LogP contribution in [0.5, 0.6) is 0 Å². The van der Waals surface area contributed by atoms with E-state index in [0.29, 0.717) is 13.0 Å². The molecule has 0 bridgehead atoms. The third-order valence-corrected chi connectivity index (χ3v) is 3.45. The summed E-state index contributed by atoms with van der Waals surface area (Å²) in [5.41, 5.74) is -1.46. The molecule has 0 radical (unpaired) electrons. The molecule has 5 heteroatoms. The van der Waals surface area contributed by atoms with E-state index in [1.54, 1.807) is 20.8 Å². The van der Waals surface area contributed by atoms with Crippen molar-refractivity contribution in [3.8, 4) is 0 Å². The molecule has 5 nitrogen and oxygen atoms in total. The SMILES string of the molecule is CC(C)C1(CO)CCN(C(=O)OC(C)(C)C)C1=O. The molecule has 1 heterocycles. The van der Waals surface area contributed by atoms with Crippen molar-refractivity contribution in [2.75, 3.05) is 13.2 Å². The Morgan fingerprint density at radius 2 is 2.06 bits per heavy atom. The lowest BCUT2D eigenvalue weighted by atomic mass is 9.76. The molecule has 1 atom stereocenters. The smallest absolute Gasteiger partial charge is 0.417 e. The highest BCUT2D eigenvalue weighted by Gasteiger charge is 2.51. The number of imide groups is 1. The number of nitrogens with zero attached hydrogens (tertiary/aromatic N) is 1. The quantitative estimate of drug-likeness (QED) is 0.819. The van der Waals surface area contributed by atoms with Crippen molar-refractivity contribution in [1.29, 1.82) is 0 Å². The van der Waals surface area contributed by atoms with Crippen LogP contribution in [0.4, 0.5) is 4.79 Å². The van der Waals surface area contributed by atoms with Gasteiger partial charge in [0.15, 0.2) is 0 Å². The summed E-state index contributed by atoms with van der Waals surface area (Å²) in [4.78, 5) is 25.3. The Morgan fingerprint density at radius 3 is 2.39 bits per heavy atom. The Morgan fingerprint density at radius 1 is 1.50 bits per heavy atom. The van der Waals surface area contributed by atoms with E-state index in [0.717, 1.165) is 4.90 Å². The van der Waals surface area contributed by atoms with Crippen LogP contribution in [0.25, 0.3) is 0 Å². The molecule has 0 aromatic heterocycles. The molecule has 0 spiro atoms. The van der Waals surface area contributed by atoms with Crippen LogP contribution in [0.15, 0.2) is 0 Å². The van der Waals surface area contributed by atoms with Crippen LogP contribution in [-0.4, -0.2) is 40.8 Å². The Bertz CT molecular complexity index is 345. The number of aliphatic hydroxyl groups is 1. The third kappa shape index (κ3) is 2.66.